The van der Waals surface area contributed by atoms with E-state index in [1.54, 1.807) is 0 Å². The number of benzene rings is 2. The lowest BCUT2D eigenvalue weighted by Crippen LogP contribution is -2.35. The molecule has 0 spiro atoms. The van der Waals surface area contributed by atoms with Crippen LogP contribution in [0.2, 0.25) is 0 Å². The van der Waals surface area contributed by atoms with Crippen LogP contribution >= 0.6 is 0 Å². The second kappa shape index (κ2) is 10.1. The second-order valence-corrected chi connectivity index (χ2v) is 7.29. The molecule has 31 heavy (non-hydrogen) atoms. The van der Waals surface area contributed by atoms with Crippen LogP contribution in [-0.2, 0) is 23.9 Å². The van der Waals surface area contributed by atoms with Crippen molar-refractivity contribution in [2.75, 3.05) is 0 Å². The van der Waals surface area contributed by atoms with Gasteiger partial charge in [-0.25, -0.2) is 0 Å². The Morgan fingerprint density at radius 1 is 0.935 bits per heavy atom. The maximum Gasteiger partial charge on any atom is 0.417 e. The molecule has 0 radical (unpaired) electrons. The van der Waals surface area contributed by atoms with Gasteiger partial charge in [-0.2, -0.15) is 13.2 Å². The molecule has 1 aromatic heterocycles. The molecule has 0 aliphatic rings. The Hall–Kier alpha value is -3.35. The van der Waals surface area contributed by atoms with Crippen LogP contribution in [0.25, 0.3) is 0 Å². The summed E-state index contributed by atoms with van der Waals surface area (Å²) in [5.74, 6) is -0.519. The fraction of sp³-hybridized carbons (Fsp3) is 0.250. The van der Waals surface area contributed by atoms with E-state index in [1.807, 2.05) is 60.7 Å². The van der Waals surface area contributed by atoms with Crippen molar-refractivity contribution in [2.45, 2.75) is 38.0 Å². The first-order valence-corrected chi connectivity index (χ1v) is 9.99. The van der Waals surface area contributed by atoms with Crippen LogP contribution in [0.5, 0.6) is 0 Å². The van der Waals surface area contributed by atoms with E-state index in [4.69, 9.17) is 0 Å². The Morgan fingerprint density at radius 2 is 1.58 bits per heavy atom. The van der Waals surface area contributed by atoms with Crippen LogP contribution in [0, 0.1) is 0 Å². The molecule has 0 saturated carbocycles. The van der Waals surface area contributed by atoms with E-state index in [-0.39, 0.29) is 6.04 Å². The fourth-order valence-electron chi connectivity index (χ4n) is 3.38. The average Bonchev–Trinajstić information content (AvgIpc) is 2.75. The van der Waals surface area contributed by atoms with Gasteiger partial charge in [0.15, 0.2) is 0 Å². The molecule has 0 saturated heterocycles. The van der Waals surface area contributed by atoms with Gasteiger partial charge in [-0.3, -0.25) is 9.59 Å². The largest absolute Gasteiger partial charge is 0.417 e. The molecule has 1 N–H and O–H groups in total. The number of pyridine rings is 1. The van der Waals surface area contributed by atoms with Crippen LogP contribution in [0.3, 0.4) is 0 Å². The van der Waals surface area contributed by atoms with Crippen LogP contribution in [-0.4, -0.2) is 10.5 Å². The number of hydrogen-bond donors (Lipinski definition) is 1. The van der Waals surface area contributed by atoms with E-state index in [0.717, 1.165) is 29.0 Å². The van der Waals surface area contributed by atoms with Crippen LogP contribution in [0.1, 0.15) is 35.6 Å². The molecule has 162 valence electrons. The molecule has 7 heteroatoms. The lowest BCUT2D eigenvalue weighted by molar-refractivity contribution is -0.138. The normalized spacial score (nSPS) is 12.4. The molecule has 2 aromatic carbocycles. The van der Waals surface area contributed by atoms with Crippen molar-refractivity contribution in [3.63, 3.8) is 0 Å². The van der Waals surface area contributed by atoms with Crippen molar-refractivity contribution in [2.24, 2.45) is 0 Å². The number of carbonyl (C=O) groups excluding carboxylic acids is 1. The Kier molecular flexibility index (Phi) is 7.28. The Bertz CT molecular complexity index is 1050. The van der Waals surface area contributed by atoms with E-state index in [2.05, 4.69) is 5.32 Å². The van der Waals surface area contributed by atoms with Gasteiger partial charge in [0, 0.05) is 12.3 Å². The van der Waals surface area contributed by atoms with E-state index in [9.17, 15) is 22.8 Å². The molecule has 1 heterocycles. The highest BCUT2D eigenvalue weighted by Gasteiger charge is 2.31. The van der Waals surface area contributed by atoms with Crippen LogP contribution in [0.15, 0.2) is 83.8 Å². The summed E-state index contributed by atoms with van der Waals surface area (Å²) in [4.78, 5) is 24.5. The topological polar surface area (TPSA) is 51.1 Å². The van der Waals surface area contributed by atoms with E-state index >= 15 is 0 Å². The number of rotatable bonds is 8. The minimum Gasteiger partial charge on any atom is -0.348 e. The summed E-state index contributed by atoms with van der Waals surface area (Å²) in [5, 5.41) is 2.87. The van der Waals surface area contributed by atoms with E-state index in [0.29, 0.717) is 18.7 Å². The molecule has 4 nitrogen and oxygen atoms in total. The molecular weight excluding hydrogens is 405 g/mol. The summed E-state index contributed by atoms with van der Waals surface area (Å²) in [6.45, 7) is -0.481. The Labute approximate surface area is 178 Å². The van der Waals surface area contributed by atoms with Crippen molar-refractivity contribution >= 4 is 5.91 Å². The lowest BCUT2D eigenvalue weighted by Gasteiger charge is -2.20. The third-order valence-electron chi connectivity index (χ3n) is 4.96. The molecular formula is C24H23F3N2O2. The number of carbonyl (C=O) groups is 1. The van der Waals surface area contributed by atoms with Gasteiger partial charge in [0.05, 0.1) is 11.6 Å². The summed E-state index contributed by atoms with van der Waals surface area (Å²) in [5.41, 5.74) is 0.460. The fourth-order valence-corrected chi connectivity index (χ4v) is 3.38. The molecule has 3 rings (SSSR count). The first-order chi connectivity index (χ1) is 14.8. The van der Waals surface area contributed by atoms with Gasteiger partial charge in [0.2, 0.25) is 5.91 Å². The predicted octanol–water partition coefficient (Wildman–Crippen LogP) is 4.75. The zero-order valence-corrected chi connectivity index (χ0v) is 16.8. The Morgan fingerprint density at radius 3 is 2.23 bits per heavy atom. The number of alkyl halides is 3. The first-order valence-electron chi connectivity index (χ1n) is 9.99. The second-order valence-electron chi connectivity index (χ2n) is 7.29. The summed E-state index contributed by atoms with van der Waals surface area (Å²) in [6, 6.07) is 20.6. The highest BCUT2D eigenvalue weighted by molar-refractivity contribution is 5.76. The van der Waals surface area contributed by atoms with Crippen LogP contribution in [0.4, 0.5) is 13.2 Å². The number of aryl methyl sites for hydroxylation is 1. The monoisotopic (exact) mass is 428 g/mol. The van der Waals surface area contributed by atoms with Crippen LogP contribution < -0.4 is 10.9 Å². The van der Waals surface area contributed by atoms with Crippen molar-refractivity contribution < 1.29 is 18.0 Å². The summed E-state index contributed by atoms with van der Waals surface area (Å²) >= 11 is 0. The molecule has 0 aliphatic heterocycles. The third-order valence-corrected chi connectivity index (χ3v) is 4.96. The quantitative estimate of drug-likeness (QED) is 0.563. The Balaban J connectivity index is 1.69. The maximum absolute atomic E-state index is 12.9. The number of nitrogens with zero attached hydrogens (tertiary/aromatic N) is 1. The summed E-state index contributed by atoms with van der Waals surface area (Å²) in [7, 11) is 0. The smallest absolute Gasteiger partial charge is 0.348 e. The summed E-state index contributed by atoms with van der Waals surface area (Å²) < 4.78 is 39.6. The zero-order valence-electron chi connectivity index (χ0n) is 16.8. The van der Waals surface area contributed by atoms with Gasteiger partial charge in [-0.15, -0.1) is 0 Å². The van der Waals surface area contributed by atoms with Crippen molar-refractivity contribution in [3.05, 3.63) is 106 Å². The van der Waals surface area contributed by atoms with Gasteiger partial charge in [-0.1, -0.05) is 60.7 Å². The first kappa shape index (κ1) is 22.3. The van der Waals surface area contributed by atoms with Crippen molar-refractivity contribution in [3.8, 4) is 0 Å². The number of aromatic nitrogens is 1. The van der Waals surface area contributed by atoms with E-state index < -0.39 is 29.8 Å². The predicted molar refractivity (Wildman–Crippen MR) is 112 cm³/mol. The third kappa shape index (κ3) is 6.57. The highest BCUT2D eigenvalue weighted by Crippen LogP contribution is 2.28. The number of amides is 1. The minimum absolute atomic E-state index is 0.307. The lowest BCUT2D eigenvalue weighted by atomic mass is 9.99. The number of halogens is 3. The molecule has 0 bridgehead atoms. The molecule has 1 unspecified atom stereocenters. The number of nitrogens with one attached hydrogen (secondary N) is 1. The van der Waals surface area contributed by atoms with Gasteiger partial charge in [-0.05, 0) is 36.5 Å². The molecule has 0 aliphatic carbocycles. The molecule has 1 atom stereocenters. The van der Waals surface area contributed by atoms with Gasteiger partial charge >= 0.3 is 6.18 Å². The standard InChI is InChI=1S/C24H23F3N2O2/c25-24(26,27)20-14-15-23(31)29(16-20)17-22(30)28-21(19-11-5-2-6-12-19)13-7-10-18-8-3-1-4-9-18/h1-6,8-9,11-12,14-16,21H,7,10,13,17H2,(H,28,30). The van der Waals surface area contributed by atoms with E-state index in [1.165, 1.54) is 5.56 Å². The van der Waals surface area contributed by atoms with Gasteiger partial charge < -0.3 is 9.88 Å². The van der Waals surface area contributed by atoms with Crippen molar-refractivity contribution in [1.82, 2.24) is 9.88 Å². The number of hydrogen-bond acceptors (Lipinski definition) is 2. The molecule has 3 aromatic rings. The zero-order chi connectivity index (χ0) is 22.3. The van der Waals surface area contributed by atoms with Gasteiger partial charge in [0.1, 0.15) is 6.54 Å². The highest BCUT2D eigenvalue weighted by atomic mass is 19.4. The minimum atomic E-state index is -4.59. The molecule has 0 fully saturated rings. The SMILES string of the molecule is O=C(Cn1cc(C(F)(F)F)ccc1=O)NC(CCCc1ccccc1)c1ccccc1. The maximum atomic E-state index is 12.9. The summed E-state index contributed by atoms with van der Waals surface area (Å²) in [6.07, 6.45) is -1.60. The average molecular weight is 428 g/mol. The van der Waals surface area contributed by atoms with Crippen molar-refractivity contribution in [1.29, 1.82) is 0 Å². The molecule has 1 amide bonds. The van der Waals surface area contributed by atoms with Gasteiger partial charge in [0.25, 0.3) is 5.56 Å².